The molecule has 0 nitrogen and oxygen atoms in total. The second-order valence-corrected chi connectivity index (χ2v) is 11.0. The van der Waals surface area contributed by atoms with Gasteiger partial charge in [0.1, 0.15) is 0 Å². The summed E-state index contributed by atoms with van der Waals surface area (Å²) in [4.78, 5) is 0. The Kier molecular flexibility index (Phi) is 5.72. The van der Waals surface area contributed by atoms with E-state index in [0.29, 0.717) is 0 Å². The summed E-state index contributed by atoms with van der Waals surface area (Å²) in [6, 6.07) is 0. The zero-order valence-corrected chi connectivity index (χ0v) is 21.0. The Balaban J connectivity index is 3.04. The van der Waals surface area contributed by atoms with Crippen molar-refractivity contribution in [3.05, 3.63) is 55.6 Å². The minimum absolute atomic E-state index is 0.161. The van der Waals surface area contributed by atoms with Gasteiger partial charge in [-0.25, -0.2) is 0 Å². The highest BCUT2D eigenvalue weighted by Crippen LogP contribution is 2.44. The van der Waals surface area contributed by atoms with Crippen molar-refractivity contribution in [3.8, 4) is 11.1 Å². The Bertz CT molecular complexity index is 800. The van der Waals surface area contributed by atoms with Crippen LogP contribution in [0.3, 0.4) is 0 Å². The molecule has 2 aromatic carbocycles. The first kappa shape index (κ1) is 22.7. The van der Waals surface area contributed by atoms with Gasteiger partial charge >= 0.3 is 0 Å². The minimum atomic E-state index is 0.161. The first-order chi connectivity index (χ1) is 12.5. The summed E-state index contributed by atoms with van der Waals surface area (Å²) < 4.78 is 0. The fourth-order valence-corrected chi connectivity index (χ4v) is 5.62. The van der Waals surface area contributed by atoms with Crippen LogP contribution in [0.15, 0.2) is 0 Å². The van der Waals surface area contributed by atoms with Crippen molar-refractivity contribution in [1.82, 2.24) is 0 Å². The van der Waals surface area contributed by atoms with E-state index in [4.69, 9.17) is 0 Å². The second kappa shape index (κ2) is 7.05. The highest BCUT2D eigenvalue weighted by Gasteiger charge is 2.28. The van der Waals surface area contributed by atoms with Crippen LogP contribution in [-0.4, -0.2) is 0 Å². The van der Waals surface area contributed by atoms with E-state index in [9.17, 15) is 0 Å². The van der Waals surface area contributed by atoms with E-state index >= 15 is 0 Å². The number of hydrogen-bond donors (Lipinski definition) is 0. The van der Waals surface area contributed by atoms with Crippen LogP contribution >= 0.6 is 0 Å². The maximum atomic E-state index is 2.34. The Morgan fingerprint density at radius 3 is 0.643 bits per heavy atom. The Labute approximate surface area is 174 Å². The van der Waals surface area contributed by atoms with Gasteiger partial charge in [-0.1, -0.05) is 41.5 Å². The molecule has 0 aromatic heterocycles. The van der Waals surface area contributed by atoms with Crippen LogP contribution in [0.1, 0.15) is 97.2 Å². The van der Waals surface area contributed by atoms with Crippen LogP contribution in [0.2, 0.25) is 0 Å². The average molecular weight is 379 g/mol. The van der Waals surface area contributed by atoms with E-state index in [1.54, 1.807) is 0 Å². The molecule has 0 heteroatoms. The van der Waals surface area contributed by atoms with Gasteiger partial charge in [0.05, 0.1) is 0 Å². The van der Waals surface area contributed by atoms with E-state index in [0.717, 1.165) is 0 Å². The fourth-order valence-electron chi connectivity index (χ4n) is 5.62. The van der Waals surface area contributed by atoms with Crippen molar-refractivity contribution in [1.29, 1.82) is 0 Å². The molecule has 0 N–H and O–H groups in total. The summed E-state index contributed by atoms with van der Waals surface area (Å²) >= 11 is 0. The molecule has 154 valence electrons. The van der Waals surface area contributed by atoms with Gasteiger partial charge in [-0.15, -0.1) is 0 Å². The lowest BCUT2D eigenvalue weighted by Gasteiger charge is -2.32. The van der Waals surface area contributed by atoms with Crippen molar-refractivity contribution in [2.45, 2.75) is 108 Å². The van der Waals surface area contributed by atoms with Crippen molar-refractivity contribution in [2.24, 2.45) is 0 Å². The van der Waals surface area contributed by atoms with Gasteiger partial charge in [0.25, 0.3) is 0 Å². The molecule has 0 aliphatic heterocycles. The average Bonchev–Trinajstić information content (AvgIpc) is 2.52. The third-order valence-electron chi connectivity index (χ3n) is 7.00. The molecule has 0 fully saturated rings. The van der Waals surface area contributed by atoms with Gasteiger partial charge in [0.2, 0.25) is 0 Å². The molecule has 2 aromatic rings. The molecule has 0 radical (unpaired) electrons. The van der Waals surface area contributed by atoms with E-state index in [2.05, 4.69) is 96.9 Å². The summed E-state index contributed by atoms with van der Waals surface area (Å²) in [6.45, 7) is 32.6. The number of rotatable bonds is 1. The second-order valence-electron chi connectivity index (χ2n) is 11.0. The van der Waals surface area contributed by atoms with E-state index < -0.39 is 0 Å². The summed E-state index contributed by atoms with van der Waals surface area (Å²) in [5.41, 5.74) is 17.9. The third kappa shape index (κ3) is 3.44. The molecular formula is C28H42. The molecule has 28 heavy (non-hydrogen) atoms. The summed E-state index contributed by atoms with van der Waals surface area (Å²) in [5, 5.41) is 0. The zero-order valence-electron chi connectivity index (χ0n) is 21.0. The molecule has 0 heterocycles. The smallest absolute Gasteiger partial charge is 0.0114 e. The molecule has 0 unspecified atom stereocenters. The lowest BCUT2D eigenvalue weighted by Crippen LogP contribution is -2.19. The van der Waals surface area contributed by atoms with Gasteiger partial charge in [-0.2, -0.15) is 0 Å². The van der Waals surface area contributed by atoms with Crippen LogP contribution in [0.25, 0.3) is 11.1 Å². The van der Waals surface area contributed by atoms with E-state index in [1.165, 1.54) is 66.8 Å². The molecule has 0 saturated carbocycles. The molecule has 0 spiro atoms. The maximum absolute atomic E-state index is 2.34. The lowest BCUT2D eigenvalue weighted by molar-refractivity contribution is 0.579. The molecule has 2 rings (SSSR count). The van der Waals surface area contributed by atoms with Gasteiger partial charge in [0.15, 0.2) is 0 Å². The predicted molar refractivity (Wildman–Crippen MR) is 127 cm³/mol. The van der Waals surface area contributed by atoms with Crippen molar-refractivity contribution in [2.75, 3.05) is 0 Å². The summed E-state index contributed by atoms with van der Waals surface area (Å²) in [6.07, 6.45) is 0. The van der Waals surface area contributed by atoms with Crippen LogP contribution in [-0.2, 0) is 10.8 Å². The first-order valence-electron chi connectivity index (χ1n) is 10.8. The van der Waals surface area contributed by atoms with Crippen LogP contribution in [0.4, 0.5) is 0 Å². The van der Waals surface area contributed by atoms with Crippen molar-refractivity contribution >= 4 is 0 Å². The molecule has 0 saturated heterocycles. The third-order valence-corrected chi connectivity index (χ3v) is 7.00. The zero-order chi connectivity index (χ0) is 21.9. The maximum Gasteiger partial charge on any atom is -0.0114 e. The first-order valence-corrected chi connectivity index (χ1v) is 10.8. The summed E-state index contributed by atoms with van der Waals surface area (Å²) in [5.74, 6) is 0. The largest absolute Gasteiger partial charge is 0.0561 e. The van der Waals surface area contributed by atoms with Gasteiger partial charge in [0, 0.05) is 0 Å². The molecule has 0 aliphatic carbocycles. The van der Waals surface area contributed by atoms with Crippen molar-refractivity contribution in [3.63, 3.8) is 0 Å². The molecular weight excluding hydrogens is 336 g/mol. The molecule has 0 atom stereocenters. The lowest BCUT2D eigenvalue weighted by atomic mass is 9.72. The molecule has 0 bridgehead atoms. The van der Waals surface area contributed by atoms with Gasteiger partial charge in [-0.3, -0.25) is 0 Å². The van der Waals surface area contributed by atoms with Gasteiger partial charge < -0.3 is 0 Å². The molecule has 0 aliphatic rings. The Hall–Kier alpha value is -1.56. The van der Waals surface area contributed by atoms with E-state index in [-0.39, 0.29) is 10.8 Å². The highest BCUT2D eigenvalue weighted by molar-refractivity contribution is 5.82. The normalized spacial score (nSPS) is 12.6. The summed E-state index contributed by atoms with van der Waals surface area (Å²) in [7, 11) is 0. The quantitative estimate of drug-likeness (QED) is 0.467. The van der Waals surface area contributed by atoms with Crippen LogP contribution in [0.5, 0.6) is 0 Å². The Morgan fingerprint density at radius 1 is 0.321 bits per heavy atom. The van der Waals surface area contributed by atoms with Crippen LogP contribution < -0.4 is 0 Å². The topological polar surface area (TPSA) is 0 Å². The highest BCUT2D eigenvalue weighted by atomic mass is 14.3. The molecule has 0 amide bonds. The van der Waals surface area contributed by atoms with Gasteiger partial charge in [-0.05, 0) is 133 Å². The predicted octanol–water partition coefficient (Wildman–Crippen LogP) is 8.42. The SMILES string of the molecule is Cc1c(C)c(C(C)(C)C)c(C)c(C)c1-c1c(C)c(C)c(C(C)(C)C)c(C)c1C. The standard InChI is InChI=1S/C28H42/c1-15-19(5)25(27(9,10)11)20(6)16(2)23(15)24-17(3)21(7)26(28(12,13)14)22(8)18(24)4/h1-14H3. The number of benzene rings is 2. The minimum Gasteiger partial charge on any atom is -0.0561 e. The van der Waals surface area contributed by atoms with E-state index in [1.807, 2.05) is 0 Å². The number of hydrogen-bond acceptors (Lipinski definition) is 0. The van der Waals surface area contributed by atoms with Crippen LogP contribution in [0, 0.1) is 55.4 Å². The van der Waals surface area contributed by atoms with Crippen molar-refractivity contribution < 1.29 is 0 Å². The Morgan fingerprint density at radius 2 is 0.500 bits per heavy atom. The fraction of sp³-hybridized carbons (Fsp3) is 0.571. The monoisotopic (exact) mass is 378 g/mol.